The molecule has 0 radical (unpaired) electrons. The highest BCUT2D eigenvalue weighted by atomic mass is 35.5. The second-order valence-corrected chi connectivity index (χ2v) is 6.12. The number of halogens is 1. The van der Waals surface area contributed by atoms with Crippen molar-refractivity contribution in [3.05, 3.63) is 83.5 Å². The first kappa shape index (κ1) is 15.5. The molecule has 0 aliphatic heterocycles. The van der Waals surface area contributed by atoms with E-state index < -0.39 is 0 Å². The molecule has 0 saturated carbocycles. The molecule has 4 rings (SSSR count). The van der Waals surface area contributed by atoms with Crippen LogP contribution in [0.25, 0.3) is 16.9 Å². The van der Waals surface area contributed by atoms with Gasteiger partial charge in [-0.05, 0) is 43.3 Å². The Kier molecular flexibility index (Phi) is 4.04. The van der Waals surface area contributed by atoms with Crippen LogP contribution in [-0.2, 0) is 0 Å². The third-order valence-electron chi connectivity index (χ3n) is 3.95. The van der Waals surface area contributed by atoms with Crippen molar-refractivity contribution in [2.24, 2.45) is 10.2 Å². The van der Waals surface area contributed by atoms with Gasteiger partial charge < -0.3 is 0 Å². The number of aromatic nitrogens is 2. The molecular formula is C20H15ClN4. The summed E-state index contributed by atoms with van der Waals surface area (Å²) in [7, 11) is 0. The first-order valence-corrected chi connectivity index (χ1v) is 8.31. The Bertz CT molecular complexity index is 1050. The lowest BCUT2D eigenvalue weighted by Gasteiger charge is -2.02. The highest BCUT2D eigenvalue weighted by molar-refractivity contribution is 6.30. The third kappa shape index (κ3) is 3.04. The summed E-state index contributed by atoms with van der Waals surface area (Å²) in [5, 5.41) is 9.56. The van der Waals surface area contributed by atoms with Crippen LogP contribution in [0.1, 0.15) is 5.69 Å². The van der Waals surface area contributed by atoms with Gasteiger partial charge in [0.1, 0.15) is 11.3 Å². The molecule has 0 N–H and O–H groups in total. The Balaban J connectivity index is 1.89. The second kappa shape index (κ2) is 6.49. The third-order valence-corrected chi connectivity index (χ3v) is 4.20. The molecule has 0 atom stereocenters. The van der Waals surface area contributed by atoms with E-state index in [-0.39, 0.29) is 0 Å². The fourth-order valence-corrected chi connectivity index (χ4v) is 2.86. The summed E-state index contributed by atoms with van der Waals surface area (Å²) < 4.78 is 2.02. The zero-order valence-electron chi connectivity index (χ0n) is 13.6. The Labute approximate surface area is 150 Å². The van der Waals surface area contributed by atoms with Crippen molar-refractivity contribution in [1.29, 1.82) is 0 Å². The van der Waals surface area contributed by atoms with Crippen LogP contribution in [-0.4, -0.2) is 9.38 Å². The lowest BCUT2D eigenvalue weighted by atomic mass is 10.1. The fraction of sp³-hybridized carbons (Fsp3) is 0.0500. The summed E-state index contributed by atoms with van der Waals surface area (Å²) in [5.41, 5.74) is 4.47. The van der Waals surface area contributed by atoms with Gasteiger partial charge in [0, 0.05) is 16.3 Å². The average Bonchev–Trinajstić information content (AvgIpc) is 3.02. The van der Waals surface area contributed by atoms with E-state index in [1.165, 1.54) is 0 Å². The largest absolute Gasteiger partial charge is 0.280 e. The number of imidazole rings is 1. The van der Waals surface area contributed by atoms with E-state index in [9.17, 15) is 0 Å². The van der Waals surface area contributed by atoms with Crippen LogP contribution in [0, 0.1) is 6.92 Å². The van der Waals surface area contributed by atoms with Crippen LogP contribution < -0.4 is 0 Å². The van der Waals surface area contributed by atoms with Crippen LogP contribution in [0.3, 0.4) is 0 Å². The molecule has 0 unspecified atom stereocenters. The SMILES string of the molecule is Cc1cccc2nc(-c3ccccc3)c(N=Nc3ccc(Cl)cc3)n12. The summed E-state index contributed by atoms with van der Waals surface area (Å²) >= 11 is 5.93. The van der Waals surface area contributed by atoms with Crippen LogP contribution in [0.4, 0.5) is 11.5 Å². The molecule has 25 heavy (non-hydrogen) atoms. The number of azo groups is 1. The molecule has 0 saturated heterocycles. The van der Waals surface area contributed by atoms with Gasteiger partial charge >= 0.3 is 0 Å². The van der Waals surface area contributed by atoms with Crippen molar-refractivity contribution in [2.45, 2.75) is 6.92 Å². The zero-order valence-corrected chi connectivity index (χ0v) is 14.4. The van der Waals surface area contributed by atoms with E-state index in [2.05, 4.69) is 10.2 Å². The van der Waals surface area contributed by atoms with Gasteiger partial charge in [0.15, 0.2) is 5.82 Å². The maximum Gasteiger partial charge on any atom is 0.187 e. The molecule has 0 amide bonds. The van der Waals surface area contributed by atoms with E-state index in [1.54, 1.807) is 12.1 Å². The standard InChI is InChI=1S/C20H15ClN4/c1-14-6-5-9-18-22-19(15-7-3-2-4-8-15)20(25(14)18)24-23-17-12-10-16(21)11-13-17/h2-13H,1H3. The van der Waals surface area contributed by atoms with Gasteiger partial charge in [-0.15, -0.1) is 10.2 Å². The predicted molar refractivity (Wildman–Crippen MR) is 101 cm³/mol. The molecule has 4 nitrogen and oxygen atoms in total. The Morgan fingerprint density at radius 3 is 2.36 bits per heavy atom. The highest BCUT2D eigenvalue weighted by Gasteiger charge is 2.15. The summed E-state index contributed by atoms with van der Waals surface area (Å²) in [4.78, 5) is 4.76. The first-order chi connectivity index (χ1) is 12.2. The van der Waals surface area contributed by atoms with Gasteiger partial charge in [0.25, 0.3) is 0 Å². The number of pyridine rings is 1. The fourth-order valence-electron chi connectivity index (χ4n) is 2.73. The average molecular weight is 347 g/mol. The van der Waals surface area contributed by atoms with Gasteiger partial charge in [-0.2, -0.15) is 0 Å². The number of hydrogen-bond donors (Lipinski definition) is 0. The van der Waals surface area contributed by atoms with E-state index >= 15 is 0 Å². The molecule has 0 aliphatic rings. The maximum atomic E-state index is 5.93. The minimum absolute atomic E-state index is 0.676. The minimum Gasteiger partial charge on any atom is -0.280 e. The van der Waals surface area contributed by atoms with E-state index in [4.69, 9.17) is 16.6 Å². The molecule has 5 heteroatoms. The van der Waals surface area contributed by atoms with Crippen molar-refractivity contribution < 1.29 is 0 Å². The monoisotopic (exact) mass is 346 g/mol. The number of aryl methyl sites for hydroxylation is 1. The van der Waals surface area contributed by atoms with E-state index in [0.717, 1.165) is 28.3 Å². The Hall–Kier alpha value is -2.98. The summed E-state index contributed by atoms with van der Waals surface area (Å²) in [6.07, 6.45) is 0. The molecule has 2 aromatic heterocycles. The number of rotatable bonds is 3. The number of hydrogen-bond acceptors (Lipinski definition) is 3. The molecule has 2 heterocycles. The van der Waals surface area contributed by atoms with Crippen LogP contribution in [0.2, 0.25) is 5.02 Å². The van der Waals surface area contributed by atoms with Gasteiger partial charge in [-0.25, -0.2) is 4.98 Å². The van der Waals surface area contributed by atoms with Crippen molar-refractivity contribution in [3.8, 4) is 11.3 Å². The molecule has 0 fully saturated rings. The zero-order chi connectivity index (χ0) is 17.2. The van der Waals surface area contributed by atoms with Gasteiger partial charge in [-0.1, -0.05) is 48.0 Å². The van der Waals surface area contributed by atoms with Crippen LogP contribution in [0.5, 0.6) is 0 Å². The predicted octanol–water partition coefficient (Wildman–Crippen LogP) is 6.38. The normalized spacial score (nSPS) is 11.4. The van der Waals surface area contributed by atoms with Crippen LogP contribution in [0.15, 0.2) is 83.0 Å². The number of nitrogens with zero attached hydrogens (tertiary/aromatic N) is 4. The molecule has 0 spiro atoms. The topological polar surface area (TPSA) is 42.0 Å². The molecule has 2 aromatic carbocycles. The molecule has 4 aromatic rings. The highest BCUT2D eigenvalue weighted by Crippen LogP contribution is 2.33. The summed E-state index contributed by atoms with van der Waals surface area (Å²) in [6.45, 7) is 2.03. The summed E-state index contributed by atoms with van der Waals surface area (Å²) in [6, 6.07) is 23.3. The second-order valence-electron chi connectivity index (χ2n) is 5.69. The van der Waals surface area contributed by atoms with Gasteiger partial charge in [0.05, 0.1) is 5.69 Å². The van der Waals surface area contributed by atoms with E-state index in [0.29, 0.717) is 10.8 Å². The summed E-state index contributed by atoms with van der Waals surface area (Å²) in [5.74, 6) is 0.717. The van der Waals surface area contributed by atoms with Crippen LogP contribution >= 0.6 is 11.6 Å². The number of fused-ring (bicyclic) bond motifs is 1. The molecule has 122 valence electrons. The molecule has 0 bridgehead atoms. The van der Waals surface area contributed by atoms with Gasteiger partial charge in [-0.3, -0.25) is 4.40 Å². The quantitative estimate of drug-likeness (QED) is 0.397. The van der Waals surface area contributed by atoms with Gasteiger partial charge in [0.2, 0.25) is 0 Å². The minimum atomic E-state index is 0.676. The molecule has 0 aliphatic carbocycles. The lowest BCUT2D eigenvalue weighted by Crippen LogP contribution is -1.89. The number of benzene rings is 2. The van der Waals surface area contributed by atoms with Crippen molar-refractivity contribution in [1.82, 2.24) is 9.38 Å². The lowest BCUT2D eigenvalue weighted by molar-refractivity contribution is 1.05. The van der Waals surface area contributed by atoms with Crippen molar-refractivity contribution in [3.63, 3.8) is 0 Å². The smallest absolute Gasteiger partial charge is 0.187 e. The Morgan fingerprint density at radius 2 is 1.60 bits per heavy atom. The van der Waals surface area contributed by atoms with Crippen molar-refractivity contribution >= 4 is 28.8 Å². The molecular weight excluding hydrogens is 332 g/mol. The first-order valence-electron chi connectivity index (χ1n) is 7.93. The maximum absolute atomic E-state index is 5.93. The Morgan fingerprint density at radius 1 is 0.840 bits per heavy atom. The van der Waals surface area contributed by atoms with Crippen molar-refractivity contribution in [2.75, 3.05) is 0 Å². The van der Waals surface area contributed by atoms with E-state index in [1.807, 2.05) is 72.0 Å².